The van der Waals surface area contributed by atoms with Gasteiger partial charge in [-0.3, -0.25) is 4.79 Å². The Balaban J connectivity index is 2.13. The lowest BCUT2D eigenvalue weighted by atomic mass is 9.87. The molecule has 1 amide bonds. The summed E-state index contributed by atoms with van der Waals surface area (Å²) in [6.07, 6.45) is 14.6. The number of hydrogen-bond acceptors (Lipinski definition) is 7. The van der Waals surface area contributed by atoms with Gasteiger partial charge in [-0.2, -0.15) is 0 Å². The largest absolute Gasteiger partial charge is 0.467 e. The van der Waals surface area contributed by atoms with Gasteiger partial charge in [0.25, 0.3) is 5.91 Å². The van der Waals surface area contributed by atoms with Crippen LogP contribution in [0.2, 0.25) is 0 Å². The Hall–Kier alpha value is -2.26. The van der Waals surface area contributed by atoms with Crippen molar-refractivity contribution in [3.63, 3.8) is 0 Å². The lowest BCUT2D eigenvalue weighted by molar-refractivity contribution is -0.175. The lowest BCUT2D eigenvalue weighted by Crippen LogP contribution is -2.67. The smallest absolute Gasteiger partial charge is 0.336 e. The van der Waals surface area contributed by atoms with Gasteiger partial charge in [-0.05, 0) is 45.2 Å². The summed E-state index contributed by atoms with van der Waals surface area (Å²) in [4.78, 5) is 26.7. The predicted molar refractivity (Wildman–Crippen MR) is 151 cm³/mol. The van der Waals surface area contributed by atoms with Crippen molar-refractivity contribution in [2.75, 3.05) is 27.6 Å². The van der Waals surface area contributed by atoms with E-state index in [0.29, 0.717) is 12.0 Å². The second-order valence-electron chi connectivity index (χ2n) is 10.6. The minimum atomic E-state index is -1.66. The summed E-state index contributed by atoms with van der Waals surface area (Å²) < 4.78 is 28.4. The molecular weight excluding hydrogens is 498 g/mol. The van der Waals surface area contributed by atoms with Gasteiger partial charge in [0.1, 0.15) is 12.9 Å². The summed E-state index contributed by atoms with van der Waals surface area (Å²) in [5, 5.41) is 2.89. The molecule has 1 saturated heterocycles. The Bertz CT molecular complexity index is 873. The van der Waals surface area contributed by atoms with Crippen molar-refractivity contribution >= 4 is 11.9 Å². The van der Waals surface area contributed by atoms with Gasteiger partial charge in [0.2, 0.25) is 0 Å². The summed E-state index contributed by atoms with van der Waals surface area (Å²) in [5.74, 6) is -2.10. The predicted octanol–water partition coefficient (Wildman–Crippen LogP) is 5.95. The summed E-state index contributed by atoms with van der Waals surface area (Å²) in [6, 6.07) is 8.69. The first-order valence-electron chi connectivity index (χ1n) is 14.3. The molecule has 8 heteroatoms. The number of unbranched alkanes of at least 4 members (excludes halogenated alkanes) is 8. The number of benzene rings is 1. The van der Waals surface area contributed by atoms with Gasteiger partial charge in [0.05, 0.1) is 19.8 Å². The molecule has 0 radical (unpaired) electrons. The van der Waals surface area contributed by atoms with Crippen LogP contribution in [0.5, 0.6) is 0 Å². The molecular formula is C31H49NO7. The van der Waals surface area contributed by atoms with Crippen LogP contribution in [-0.2, 0) is 28.5 Å². The maximum atomic E-state index is 13.4. The zero-order valence-corrected chi connectivity index (χ0v) is 24.5. The number of nitrogens with one attached hydrogen (secondary N) is 1. The zero-order chi connectivity index (χ0) is 28.6. The van der Waals surface area contributed by atoms with E-state index in [0.717, 1.165) is 12.8 Å². The molecule has 1 aliphatic heterocycles. The normalized spacial score (nSPS) is 20.1. The molecule has 0 aromatic heterocycles. The van der Waals surface area contributed by atoms with E-state index in [1.165, 1.54) is 59.2 Å². The molecule has 1 aromatic rings. The van der Waals surface area contributed by atoms with Gasteiger partial charge in [0, 0.05) is 12.7 Å². The van der Waals surface area contributed by atoms with E-state index in [9.17, 15) is 9.59 Å². The first kappa shape index (κ1) is 32.9. The number of allylic oxidation sites excluding steroid dienone is 1. The Morgan fingerprint density at radius 3 is 2.28 bits per heavy atom. The molecule has 0 bridgehead atoms. The summed E-state index contributed by atoms with van der Waals surface area (Å²) >= 11 is 0. The van der Waals surface area contributed by atoms with Crippen LogP contribution in [0.25, 0.3) is 0 Å². The Morgan fingerprint density at radius 1 is 0.974 bits per heavy atom. The van der Waals surface area contributed by atoms with Gasteiger partial charge in [0.15, 0.2) is 11.3 Å². The monoisotopic (exact) mass is 547 g/mol. The average molecular weight is 548 g/mol. The summed E-state index contributed by atoms with van der Waals surface area (Å²) in [6.45, 7) is 5.54. The Labute approximate surface area is 234 Å². The van der Waals surface area contributed by atoms with Crippen molar-refractivity contribution in [2.45, 2.75) is 109 Å². The Morgan fingerprint density at radius 2 is 1.64 bits per heavy atom. The zero-order valence-electron chi connectivity index (χ0n) is 24.5. The standard InChI is InChI=1S/C31H49NO7/c1-6-7-8-9-10-11-12-13-14-15-19-22-26-27(39-30(2,3)38-26)31(29(34)36-5,23-37-24-35-4)32-28(33)25-20-17-16-18-21-25/h15-21,26-27H,6-14,22-24H2,1-5H3,(H,32,33)/b19-15+/t26-,27+,31+/m1/s1. The van der Waals surface area contributed by atoms with Gasteiger partial charge in [-0.15, -0.1) is 0 Å². The van der Waals surface area contributed by atoms with Gasteiger partial charge < -0.3 is 29.0 Å². The molecule has 8 nitrogen and oxygen atoms in total. The highest BCUT2D eigenvalue weighted by molar-refractivity contribution is 5.98. The van der Waals surface area contributed by atoms with Crippen LogP contribution in [0.15, 0.2) is 42.5 Å². The molecule has 0 spiro atoms. The SMILES string of the molecule is CCCCCCCCCC/C=C/C[C@H]1OC(C)(C)O[C@@H]1[C@](COCOC)(NC(=O)c1ccccc1)C(=O)OC. The van der Waals surface area contributed by atoms with E-state index >= 15 is 0 Å². The van der Waals surface area contributed by atoms with E-state index in [2.05, 4.69) is 24.4 Å². The molecule has 1 heterocycles. The molecule has 1 aromatic carbocycles. The molecule has 2 rings (SSSR count). The highest BCUT2D eigenvalue weighted by Gasteiger charge is 2.58. The Kier molecular flexibility index (Phi) is 14.7. The number of amides is 1. The quantitative estimate of drug-likeness (QED) is 0.0991. The number of rotatable bonds is 19. The highest BCUT2D eigenvalue weighted by Crippen LogP contribution is 2.37. The number of carbonyl (C=O) groups is 2. The van der Waals surface area contributed by atoms with E-state index in [-0.39, 0.29) is 13.4 Å². The second-order valence-corrected chi connectivity index (χ2v) is 10.6. The third-order valence-corrected chi connectivity index (χ3v) is 6.88. The van der Waals surface area contributed by atoms with Crippen molar-refractivity contribution in [2.24, 2.45) is 0 Å². The molecule has 0 saturated carbocycles. The van der Waals surface area contributed by atoms with Crippen LogP contribution in [-0.4, -0.2) is 63.0 Å². The van der Waals surface area contributed by atoms with Crippen LogP contribution >= 0.6 is 0 Å². The molecule has 1 N–H and O–H groups in total. The fourth-order valence-electron chi connectivity index (χ4n) is 4.92. The second kappa shape index (κ2) is 17.4. The average Bonchev–Trinajstić information content (AvgIpc) is 3.25. The molecule has 1 fully saturated rings. The molecule has 39 heavy (non-hydrogen) atoms. The van der Waals surface area contributed by atoms with Gasteiger partial charge >= 0.3 is 5.97 Å². The van der Waals surface area contributed by atoms with E-state index in [1.54, 1.807) is 38.1 Å². The maximum absolute atomic E-state index is 13.4. The highest BCUT2D eigenvalue weighted by atomic mass is 16.8. The van der Waals surface area contributed by atoms with Crippen molar-refractivity contribution in [1.29, 1.82) is 0 Å². The maximum Gasteiger partial charge on any atom is 0.336 e. The van der Waals surface area contributed by atoms with E-state index in [4.69, 9.17) is 23.7 Å². The third-order valence-electron chi connectivity index (χ3n) is 6.88. The lowest BCUT2D eigenvalue weighted by Gasteiger charge is -2.37. The number of methoxy groups -OCH3 is 2. The van der Waals surface area contributed by atoms with E-state index in [1.807, 2.05) is 6.07 Å². The summed E-state index contributed by atoms with van der Waals surface area (Å²) in [7, 11) is 2.77. The molecule has 0 unspecified atom stereocenters. The van der Waals surface area contributed by atoms with Crippen molar-refractivity contribution < 1.29 is 33.3 Å². The van der Waals surface area contributed by atoms with Crippen molar-refractivity contribution in [3.05, 3.63) is 48.0 Å². The minimum absolute atomic E-state index is 0.0694. The third kappa shape index (κ3) is 10.7. The molecule has 220 valence electrons. The number of hydrogen-bond donors (Lipinski definition) is 1. The van der Waals surface area contributed by atoms with Crippen LogP contribution < -0.4 is 5.32 Å². The minimum Gasteiger partial charge on any atom is -0.467 e. The van der Waals surface area contributed by atoms with Gasteiger partial charge in [-0.1, -0.05) is 82.2 Å². The van der Waals surface area contributed by atoms with Crippen LogP contribution in [0.3, 0.4) is 0 Å². The number of esters is 1. The number of carbonyl (C=O) groups excluding carboxylic acids is 2. The van der Waals surface area contributed by atoms with E-state index < -0.39 is 35.4 Å². The van der Waals surface area contributed by atoms with Crippen molar-refractivity contribution in [1.82, 2.24) is 5.32 Å². The first-order valence-corrected chi connectivity index (χ1v) is 14.3. The fourth-order valence-corrected chi connectivity index (χ4v) is 4.92. The van der Waals surface area contributed by atoms with Crippen LogP contribution in [0.1, 0.15) is 95.3 Å². The van der Waals surface area contributed by atoms with Crippen molar-refractivity contribution in [3.8, 4) is 0 Å². The van der Waals surface area contributed by atoms with Crippen LogP contribution in [0.4, 0.5) is 0 Å². The molecule has 1 aliphatic rings. The van der Waals surface area contributed by atoms with Gasteiger partial charge in [-0.25, -0.2) is 4.79 Å². The fraction of sp³-hybridized carbons (Fsp3) is 0.677. The summed E-state index contributed by atoms with van der Waals surface area (Å²) in [5.41, 5.74) is -1.26. The number of ether oxygens (including phenoxy) is 5. The van der Waals surface area contributed by atoms with Crippen LogP contribution in [0, 0.1) is 0 Å². The molecule has 0 aliphatic carbocycles. The first-order chi connectivity index (χ1) is 18.8. The topological polar surface area (TPSA) is 92.3 Å². The molecule has 3 atom stereocenters.